The summed E-state index contributed by atoms with van der Waals surface area (Å²) in [6, 6.07) is 26.6. The molecule has 0 bridgehead atoms. The summed E-state index contributed by atoms with van der Waals surface area (Å²) in [5.41, 5.74) is 2.68. The molecule has 0 radical (unpaired) electrons. The van der Waals surface area contributed by atoms with Gasteiger partial charge in [-0.2, -0.15) is 0 Å². The molecule has 0 amide bonds. The van der Waals surface area contributed by atoms with E-state index in [1.807, 2.05) is 0 Å². The van der Waals surface area contributed by atoms with Crippen molar-refractivity contribution in [1.82, 2.24) is 0 Å². The summed E-state index contributed by atoms with van der Waals surface area (Å²) in [4.78, 5) is 0. The second-order valence-electron chi connectivity index (χ2n) is 18.4. The van der Waals surface area contributed by atoms with Gasteiger partial charge in [-0.25, -0.2) is 0 Å². The summed E-state index contributed by atoms with van der Waals surface area (Å²) in [7, 11) is 0. The van der Waals surface area contributed by atoms with E-state index in [0.717, 1.165) is 24.3 Å². The third-order valence-electron chi connectivity index (χ3n) is 13.1. The molecular formula is C58H92K2O2. The van der Waals surface area contributed by atoms with Gasteiger partial charge in [0.2, 0.25) is 0 Å². The molecule has 4 aromatic carbocycles. The van der Waals surface area contributed by atoms with Gasteiger partial charge in [0.15, 0.2) is 0 Å². The van der Waals surface area contributed by atoms with E-state index >= 15 is 0 Å². The van der Waals surface area contributed by atoms with Gasteiger partial charge in [-0.1, -0.05) is 279 Å². The van der Waals surface area contributed by atoms with E-state index in [1.165, 1.54) is 238 Å². The minimum absolute atomic E-state index is 0. The number of rotatable bonds is 39. The largest absolute Gasteiger partial charge is 1.00 e. The van der Waals surface area contributed by atoms with Crippen LogP contribution < -0.4 is 112 Å². The summed E-state index contributed by atoms with van der Waals surface area (Å²) in [6.45, 7) is 5.69. The zero-order valence-electron chi connectivity index (χ0n) is 43.2. The standard InChI is InChI=1S/C58H90O2.2K.2H/c1-3-5-7-9-11-13-15-17-19-21-23-25-27-29-31-33-41-53-47-45-51-39-35-37-43-55(51)57(53)59-49-50-60-58-54(48-46-52-40-36-38-44-56(52)58)42-34-32-30-28-26-24-22-20-18-16-14-12-10-8-6-4-2;;;;/h35-40,43-48H,3-34,41-42,49-50H2,1-2H3;;;;/q;2*+1;2*-1. The minimum Gasteiger partial charge on any atom is -1.00 e. The summed E-state index contributed by atoms with van der Waals surface area (Å²) < 4.78 is 13.3. The van der Waals surface area contributed by atoms with Crippen LogP contribution in [0.4, 0.5) is 0 Å². The molecule has 0 saturated carbocycles. The van der Waals surface area contributed by atoms with E-state index in [4.69, 9.17) is 9.47 Å². The first-order valence-corrected chi connectivity index (χ1v) is 26.1. The third kappa shape index (κ3) is 25.4. The van der Waals surface area contributed by atoms with E-state index < -0.39 is 0 Å². The average molecular weight is 900 g/mol. The van der Waals surface area contributed by atoms with Crippen LogP contribution in [0.25, 0.3) is 21.5 Å². The molecule has 0 atom stereocenters. The SMILES string of the molecule is CCCCCCCCCCCCCCCCCCc1ccc2ccccc2c1OCCOc1c(CCCCCCCCCCCCCCCCCC)ccc2ccccc12.[H-].[H-].[K+].[K+]. The molecule has 0 aliphatic heterocycles. The third-order valence-corrected chi connectivity index (χ3v) is 13.1. The number of ether oxygens (including phenoxy) is 2. The fourth-order valence-corrected chi connectivity index (χ4v) is 9.33. The maximum atomic E-state index is 6.67. The second kappa shape index (κ2) is 40.4. The van der Waals surface area contributed by atoms with Crippen LogP contribution in [0.5, 0.6) is 11.5 Å². The zero-order valence-corrected chi connectivity index (χ0v) is 47.4. The Balaban J connectivity index is 0.00000992. The summed E-state index contributed by atoms with van der Waals surface area (Å²) >= 11 is 0. The first kappa shape index (κ1) is 58.4. The van der Waals surface area contributed by atoms with Crippen molar-refractivity contribution in [3.05, 3.63) is 83.9 Å². The Bertz CT molecular complexity index is 1530. The van der Waals surface area contributed by atoms with E-state index in [1.54, 1.807) is 0 Å². The molecule has 4 heteroatoms. The monoisotopic (exact) mass is 899 g/mol. The van der Waals surface area contributed by atoms with Crippen molar-refractivity contribution in [3.8, 4) is 11.5 Å². The molecule has 4 rings (SSSR count). The molecule has 0 aliphatic carbocycles. The molecule has 0 saturated heterocycles. The maximum Gasteiger partial charge on any atom is 1.00 e. The quantitative estimate of drug-likeness (QED) is 0.0328. The molecule has 62 heavy (non-hydrogen) atoms. The maximum absolute atomic E-state index is 6.67. The molecule has 0 aliphatic rings. The van der Waals surface area contributed by atoms with E-state index in [9.17, 15) is 0 Å². The van der Waals surface area contributed by atoms with Crippen LogP contribution in [0.3, 0.4) is 0 Å². The molecule has 0 heterocycles. The molecule has 338 valence electrons. The molecule has 0 aromatic heterocycles. The Morgan fingerprint density at radius 2 is 0.565 bits per heavy atom. The average Bonchev–Trinajstić information content (AvgIpc) is 3.28. The summed E-state index contributed by atoms with van der Waals surface area (Å²) in [6.07, 6.45) is 47.0. The zero-order chi connectivity index (χ0) is 42.0. The van der Waals surface area contributed by atoms with Gasteiger partial charge in [-0.05, 0) is 47.6 Å². The number of fused-ring (bicyclic) bond motifs is 2. The number of aryl methyl sites for hydroxylation is 2. The van der Waals surface area contributed by atoms with Gasteiger partial charge in [0, 0.05) is 10.8 Å². The van der Waals surface area contributed by atoms with Gasteiger partial charge in [0.1, 0.15) is 24.7 Å². The first-order valence-electron chi connectivity index (χ1n) is 26.1. The predicted molar refractivity (Wildman–Crippen MR) is 268 cm³/mol. The van der Waals surface area contributed by atoms with E-state index in [2.05, 4.69) is 86.6 Å². The van der Waals surface area contributed by atoms with Crippen molar-refractivity contribution in [3.63, 3.8) is 0 Å². The Hall–Kier alpha value is 0.273. The molecule has 0 unspecified atom stereocenters. The Morgan fingerprint density at radius 3 is 0.855 bits per heavy atom. The molecule has 0 fully saturated rings. The smallest absolute Gasteiger partial charge is 1.00 e. The van der Waals surface area contributed by atoms with Gasteiger partial charge in [0.25, 0.3) is 0 Å². The number of hydrogen-bond acceptors (Lipinski definition) is 2. The minimum atomic E-state index is 0. The van der Waals surface area contributed by atoms with Crippen LogP contribution in [0.1, 0.15) is 233 Å². The van der Waals surface area contributed by atoms with Crippen molar-refractivity contribution >= 4 is 21.5 Å². The van der Waals surface area contributed by atoms with Crippen LogP contribution in [0.2, 0.25) is 0 Å². The van der Waals surface area contributed by atoms with Crippen LogP contribution in [0, 0.1) is 0 Å². The van der Waals surface area contributed by atoms with Gasteiger partial charge >= 0.3 is 103 Å². The fraction of sp³-hybridized carbons (Fsp3) is 0.655. The van der Waals surface area contributed by atoms with Gasteiger partial charge in [0.05, 0.1) is 0 Å². The van der Waals surface area contributed by atoms with Crippen molar-refractivity contribution < 1.29 is 115 Å². The van der Waals surface area contributed by atoms with Crippen molar-refractivity contribution in [2.45, 2.75) is 232 Å². The van der Waals surface area contributed by atoms with Crippen molar-refractivity contribution in [2.24, 2.45) is 0 Å². The van der Waals surface area contributed by atoms with Gasteiger partial charge in [-0.3, -0.25) is 0 Å². The number of unbranched alkanes of at least 4 members (excludes halogenated alkanes) is 30. The van der Waals surface area contributed by atoms with Gasteiger partial charge < -0.3 is 12.3 Å². The summed E-state index contributed by atoms with van der Waals surface area (Å²) in [5, 5.41) is 4.94. The Kier molecular flexibility index (Phi) is 38.0. The normalized spacial score (nSPS) is 11.2. The molecular weight excluding hydrogens is 807 g/mol. The fourth-order valence-electron chi connectivity index (χ4n) is 9.33. The number of benzene rings is 4. The van der Waals surface area contributed by atoms with Crippen LogP contribution in [-0.4, -0.2) is 13.2 Å². The molecule has 0 spiro atoms. The van der Waals surface area contributed by atoms with Crippen LogP contribution >= 0.6 is 0 Å². The van der Waals surface area contributed by atoms with Crippen LogP contribution in [0.15, 0.2) is 72.8 Å². The van der Waals surface area contributed by atoms with Crippen molar-refractivity contribution in [2.75, 3.05) is 13.2 Å². The topological polar surface area (TPSA) is 18.5 Å². The molecule has 0 N–H and O–H groups in total. The Morgan fingerprint density at radius 1 is 0.306 bits per heavy atom. The molecule has 2 nitrogen and oxygen atoms in total. The van der Waals surface area contributed by atoms with E-state index in [-0.39, 0.29) is 106 Å². The summed E-state index contributed by atoms with van der Waals surface area (Å²) in [5.74, 6) is 2.12. The number of hydrogen-bond donors (Lipinski definition) is 0. The predicted octanol–water partition coefficient (Wildman–Crippen LogP) is 13.3. The second-order valence-corrected chi connectivity index (χ2v) is 18.4. The Labute approximate surface area is 471 Å². The van der Waals surface area contributed by atoms with Crippen molar-refractivity contribution in [1.29, 1.82) is 0 Å². The molecule has 4 aromatic rings. The first-order chi connectivity index (χ1) is 29.8. The van der Waals surface area contributed by atoms with Crippen LogP contribution in [-0.2, 0) is 12.8 Å². The van der Waals surface area contributed by atoms with E-state index in [0.29, 0.717) is 13.2 Å². The van der Waals surface area contributed by atoms with Gasteiger partial charge in [-0.15, -0.1) is 0 Å².